The van der Waals surface area contributed by atoms with Crippen molar-refractivity contribution in [1.82, 2.24) is 9.88 Å². The van der Waals surface area contributed by atoms with Gasteiger partial charge in [-0.2, -0.15) is 0 Å². The molecule has 3 heterocycles. The maximum Gasteiger partial charge on any atom is 0.246 e. The number of pyridine rings is 1. The molecule has 7 heteroatoms. The van der Waals surface area contributed by atoms with Gasteiger partial charge in [-0.15, -0.1) is 0 Å². The van der Waals surface area contributed by atoms with Crippen molar-refractivity contribution >= 4 is 34.7 Å². The van der Waals surface area contributed by atoms with Gasteiger partial charge in [0.1, 0.15) is 17.2 Å². The first kappa shape index (κ1) is 18.9. The molecule has 4 rings (SSSR count). The van der Waals surface area contributed by atoms with E-state index >= 15 is 0 Å². The number of benzene rings is 1. The van der Waals surface area contributed by atoms with E-state index in [4.69, 9.17) is 10.2 Å². The normalized spacial score (nSPS) is 16.1. The number of carbonyl (C=O) groups excluding carboxylic acids is 2. The average Bonchev–Trinajstić information content (AvgIpc) is 3.02. The van der Waals surface area contributed by atoms with Crippen molar-refractivity contribution in [2.45, 2.75) is 25.9 Å². The number of rotatable bonds is 4. The van der Waals surface area contributed by atoms with Crippen LogP contribution >= 0.6 is 0 Å². The zero-order chi connectivity index (χ0) is 20.5. The number of para-hydroxylation sites is 1. The quantitative estimate of drug-likeness (QED) is 0.667. The molecule has 0 aliphatic carbocycles. The number of carbonyl (C=O) groups is 2. The molecule has 3 aromatic rings. The molecule has 2 aromatic heterocycles. The highest BCUT2D eigenvalue weighted by molar-refractivity contribution is 5.97. The zero-order valence-corrected chi connectivity index (χ0v) is 16.3. The number of aromatic nitrogens is 1. The molecule has 2 amide bonds. The molecule has 1 aliphatic heterocycles. The first-order valence-electron chi connectivity index (χ1n) is 9.38. The summed E-state index contributed by atoms with van der Waals surface area (Å²) in [7, 11) is 1.74. The number of nitrogens with one attached hydrogen (secondary N) is 1. The lowest BCUT2D eigenvalue weighted by molar-refractivity contribution is -0.125. The fourth-order valence-corrected chi connectivity index (χ4v) is 3.39. The van der Waals surface area contributed by atoms with E-state index in [1.165, 1.54) is 6.08 Å². The van der Waals surface area contributed by atoms with E-state index in [2.05, 4.69) is 10.3 Å². The predicted molar refractivity (Wildman–Crippen MR) is 111 cm³/mol. The highest BCUT2D eigenvalue weighted by atomic mass is 16.3. The van der Waals surface area contributed by atoms with Crippen LogP contribution in [0.5, 0.6) is 0 Å². The van der Waals surface area contributed by atoms with Gasteiger partial charge in [0, 0.05) is 36.7 Å². The summed E-state index contributed by atoms with van der Waals surface area (Å²) in [5.74, 6) is 0.923. The molecular weight excluding hydrogens is 368 g/mol. The third-order valence-corrected chi connectivity index (χ3v) is 5.12. The number of furan rings is 1. The fraction of sp³-hybridized carbons (Fsp3) is 0.227. The van der Waals surface area contributed by atoms with Gasteiger partial charge in [0.15, 0.2) is 0 Å². The Labute approximate surface area is 168 Å². The van der Waals surface area contributed by atoms with Crippen molar-refractivity contribution in [1.29, 1.82) is 0 Å². The van der Waals surface area contributed by atoms with Crippen LogP contribution in [0.1, 0.15) is 22.5 Å². The van der Waals surface area contributed by atoms with Gasteiger partial charge < -0.3 is 20.4 Å². The van der Waals surface area contributed by atoms with Crippen molar-refractivity contribution in [3.63, 3.8) is 0 Å². The Morgan fingerprint density at radius 3 is 3.00 bits per heavy atom. The third-order valence-electron chi connectivity index (χ3n) is 5.12. The minimum atomic E-state index is -0.580. The van der Waals surface area contributed by atoms with Gasteiger partial charge in [-0.1, -0.05) is 18.2 Å². The second kappa shape index (κ2) is 7.52. The molecule has 29 heavy (non-hydrogen) atoms. The van der Waals surface area contributed by atoms with Crippen LogP contribution in [0.25, 0.3) is 17.0 Å². The first-order chi connectivity index (χ1) is 13.9. The van der Waals surface area contributed by atoms with Crippen LogP contribution < -0.4 is 11.1 Å². The fourth-order valence-electron chi connectivity index (χ4n) is 3.39. The molecule has 0 fully saturated rings. The summed E-state index contributed by atoms with van der Waals surface area (Å²) in [6, 6.07) is 9.13. The molecule has 1 aliphatic rings. The summed E-state index contributed by atoms with van der Waals surface area (Å²) in [5, 5.41) is 3.74. The number of hydrogen-bond acceptors (Lipinski definition) is 5. The molecule has 7 nitrogen and oxygen atoms in total. The van der Waals surface area contributed by atoms with Gasteiger partial charge in [-0.05, 0) is 36.3 Å². The van der Waals surface area contributed by atoms with E-state index in [-0.39, 0.29) is 11.8 Å². The third kappa shape index (κ3) is 3.77. The lowest BCUT2D eigenvalue weighted by atomic mass is 10.0. The Morgan fingerprint density at radius 2 is 2.21 bits per heavy atom. The molecule has 0 bridgehead atoms. The van der Waals surface area contributed by atoms with Crippen molar-refractivity contribution in [2.75, 3.05) is 12.4 Å². The van der Waals surface area contributed by atoms with E-state index < -0.39 is 6.04 Å². The lowest BCUT2D eigenvalue weighted by Crippen LogP contribution is -2.41. The number of nitrogens with two attached hydrogens (primary N) is 1. The number of amides is 2. The Morgan fingerprint density at radius 1 is 1.41 bits per heavy atom. The summed E-state index contributed by atoms with van der Waals surface area (Å²) in [6.45, 7) is 2.38. The molecule has 0 spiro atoms. The Hall–Kier alpha value is -3.45. The smallest absolute Gasteiger partial charge is 0.246 e. The van der Waals surface area contributed by atoms with Crippen LogP contribution in [-0.2, 0) is 22.6 Å². The number of anilines is 1. The first-order valence-corrected chi connectivity index (χ1v) is 9.38. The molecule has 1 atom stereocenters. The Bertz CT molecular complexity index is 1130. The van der Waals surface area contributed by atoms with Gasteiger partial charge >= 0.3 is 0 Å². The summed E-state index contributed by atoms with van der Waals surface area (Å²) in [6.07, 6.45) is 5.25. The van der Waals surface area contributed by atoms with Crippen molar-refractivity contribution in [3.05, 3.63) is 65.1 Å². The van der Waals surface area contributed by atoms with E-state index in [0.717, 1.165) is 33.4 Å². The molecule has 1 unspecified atom stereocenters. The van der Waals surface area contributed by atoms with E-state index in [0.29, 0.717) is 18.8 Å². The second-order valence-electron chi connectivity index (χ2n) is 7.25. The van der Waals surface area contributed by atoms with Gasteiger partial charge in [0.25, 0.3) is 0 Å². The Balaban J connectivity index is 1.46. The average molecular weight is 390 g/mol. The van der Waals surface area contributed by atoms with Crippen LogP contribution in [0.4, 0.5) is 5.82 Å². The van der Waals surface area contributed by atoms with Crippen LogP contribution in [0, 0.1) is 6.92 Å². The molecule has 3 N–H and O–H groups in total. The van der Waals surface area contributed by atoms with Gasteiger partial charge in [0.05, 0.1) is 12.6 Å². The molecule has 1 aromatic carbocycles. The number of nitrogens with zero attached hydrogens (tertiary/aromatic N) is 2. The van der Waals surface area contributed by atoms with E-state index in [9.17, 15) is 9.59 Å². The summed E-state index contributed by atoms with van der Waals surface area (Å²) in [5.41, 5.74) is 9.29. The monoisotopic (exact) mass is 390 g/mol. The molecular formula is C22H22N4O3. The van der Waals surface area contributed by atoms with Crippen molar-refractivity contribution < 1.29 is 14.0 Å². The Kier molecular flexibility index (Phi) is 4.90. The molecule has 148 valence electrons. The highest BCUT2D eigenvalue weighted by Crippen LogP contribution is 2.26. The van der Waals surface area contributed by atoms with Gasteiger partial charge in [-0.25, -0.2) is 4.98 Å². The number of fused-ring (bicyclic) bond motifs is 2. The largest absolute Gasteiger partial charge is 0.459 e. The standard InChI is InChI=1S/C22H22N4O3/c1-13-16-5-3-4-6-18(16)29-19(13)12-26(2)20(27)8-7-14-9-15-10-17(23)22(28)25-21(15)24-11-14/h3-9,11,17H,10,12,23H2,1-2H3,(H,24,25,28). The van der Waals surface area contributed by atoms with Crippen LogP contribution in [0.2, 0.25) is 0 Å². The second-order valence-corrected chi connectivity index (χ2v) is 7.25. The maximum atomic E-state index is 12.5. The van der Waals surface area contributed by atoms with Crippen LogP contribution in [0.3, 0.4) is 0 Å². The topological polar surface area (TPSA) is 101 Å². The number of aryl methyl sites for hydroxylation is 1. The predicted octanol–water partition coefficient (Wildman–Crippen LogP) is 2.63. The highest BCUT2D eigenvalue weighted by Gasteiger charge is 2.23. The van der Waals surface area contributed by atoms with E-state index in [1.54, 1.807) is 24.2 Å². The van der Waals surface area contributed by atoms with Crippen molar-refractivity contribution in [3.8, 4) is 0 Å². The number of hydrogen-bond donors (Lipinski definition) is 2. The summed E-state index contributed by atoms with van der Waals surface area (Å²) in [4.78, 5) is 30.0. The summed E-state index contributed by atoms with van der Waals surface area (Å²) < 4.78 is 5.89. The molecule has 0 saturated carbocycles. The molecule has 0 saturated heterocycles. The number of likely N-dealkylation sites (N-methyl/N-ethyl adjacent to an activating group) is 1. The minimum absolute atomic E-state index is 0.146. The zero-order valence-electron chi connectivity index (χ0n) is 16.3. The SMILES string of the molecule is Cc1c(CN(C)C(=O)C=Cc2cnc3c(c2)CC(N)C(=O)N3)oc2ccccc12. The lowest BCUT2D eigenvalue weighted by Gasteiger charge is -2.20. The molecule has 0 radical (unpaired) electrons. The van der Waals surface area contributed by atoms with Gasteiger partial charge in [0.2, 0.25) is 11.8 Å². The minimum Gasteiger partial charge on any atom is -0.459 e. The van der Waals surface area contributed by atoms with Gasteiger partial charge in [-0.3, -0.25) is 9.59 Å². The van der Waals surface area contributed by atoms with Crippen molar-refractivity contribution in [2.24, 2.45) is 5.73 Å². The van der Waals surface area contributed by atoms with Crippen LogP contribution in [-0.4, -0.2) is 34.8 Å². The summed E-state index contributed by atoms with van der Waals surface area (Å²) >= 11 is 0. The maximum absolute atomic E-state index is 12.5. The van der Waals surface area contributed by atoms with E-state index in [1.807, 2.05) is 37.3 Å². The van der Waals surface area contributed by atoms with Crippen LogP contribution in [0.15, 0.2) is 47.0 Å².